The summed E-state index contributed by atoms with van der Waals surface area (Å²) in [6, 6.07) is 16.6. The van der Waals surface area contributed by atoms with Crippen LogP contribution in [0, 0.1) is 23.7 Å². The van der Waals surface area contributed by atoms with Crippen molar-refractivity contribution in [1.82, 2.24) is 71.5 Å². The molecule has 24 heteroatoms. The van der Waals surface area contributed by atoms with Gasteiger partial charge in [0.25, 0.3) is 0 Å². The lowest BCUT2D eigenvalue weighted by atomic mass is 10.0. The second kappa shape index (κ2) is 26.8. The van der Waals surface area contributed by atoms with E-state index >= 15 is 0 Å². The van der Waals surface area contributed by atoms with Gasteiger partial charge in [-0.3, -0.25) is 19.2 Å². The molecule has 8 atom stereocenters. The Kier molecular flexibility index (Phi) is 20.7. The quantitative estimate of drug-likeness (QED) is 0.0929. The van der Waals surface area contributed by atoms with Gasteiger partial charge in [0.1, 0.15) is 25.3 Å². The first kappa shape index (κ1) is 54.0. The third-order valence-electron chi connectivity index (χ3n) is 12.4. The van der Waals surface area contributed by atoms with Gasteiger partial charge in [-0.2, -0.15) is 0 Å². The molecule has 4 aromatic rings. The molecule has 4 aliphatic heterocycles. The van der Waals surface area contributed by atoms with Crippen molar-refractivity contribution < 1.29 is 28.7 Å². The molecule has 2 aromatic carbocycles. The zero-order chi connectivity index (χ0) is 47.2. The van der Waals surface area contributed by atoms with E-state index in [2.05, 4.69) is 76.0 Å². The van der Waals surface area contributed by atoms with E-state index in [1.54, 1.807) is 33.0 Å². The normalized spacial score (nSPS) is 20.8. The Hall–Kier alpha value is -5.30. The molecule has 0 spiro atoms. The van der Waals surface area contributed by atoms with Crippen LogP contribution in [0.5, 0.6) is 0 Å². The topological polar surface area (TPSA) is 229 Å². The highest BCUT2D eigenvalue weighted by atomic mass is 35.5. The predicted molar refractivity (Wildman–Crippen MR) is 264 cm³/mol. The summed E-state index contributed by atoms with van der Waals surface area (Å²) in [5.41, 5.74) is 0. The molecule has 0 aliphatic carbocycles. The second-order valence-electron chi connectivity index (χ2n) is 17.0. The van der Waals surface area contributed by atoms with E-state index in [4.69, 9.17) is 9.47 Å². The fourth-order valence-corrected chi connectivity index (χ4v) is 9.93. The summed E-state index contributed by atoms with van der Waals surface area (Å²) in [5, 5.41) is 38.0. The van der Waals surface area contributed by atoms with E-state index in [0.717, 1.165) is 48.6 Å². The van der Waals surface area contributed by atoms with Gasteiger partial charge in [0, 0.05) is 22.9 Å². The van der Waals surface area contributed by atoms with Crippen LogP contribution in [0.1, 0.15) is 52.4 Å². The lowest BCUT2D eigenvalue weighted by Gasteiger charge is -2.34. The molecule has 4 N–H and O–H groups in total. The van der Waals surface area contributed by atoms with Crippen LogP contribution < -0.4 is 21.3 Å². The number of halogens is 2. The Morgan fingerprint density at radius 1 is 0.657 bits per heavy atom. The minimum Gasteiger partial charge on any atom is -0.363 e. The number of tetrazole rings is 2. The van der Waals surface area contributed by atoms with Gasteiger partial charge in [-0.15, -0.1) is 35.0 Å². The maximum absolute atomic E-state index is 14.3. The first-order valence-corrected chi connectivity index (χ1v) is 24.7. The maximum Gasteiger partial charge on any atom is 0.248 e. The van der Waals surface area contributed by atoms with Gasteiger partial charge in [-0.05, 0) is 146 Å². The number of hydrogen-bond donors (Lipinski definition) is 4. The smallest absolute Gasteiger partial charge is 0.248 e. The second-order valence-corrected chi connectivity index (χ2v) is 19.1. The number of nitrogens with zero attached hydrogens (tertiary/aromatic N) is 10. The first-order valence-electron chi connectivity index (χ1n) is 23.1. The van der Waals surface area contributed by atoms with Gasteiger partial charge in [0.15, 0.2) is 0 Å². The van der Waals surface area contributed by atoms with Crippen molar-refractivity contribution in [2.45, 2.75) is 134 Å². The third-order valence-corrected chi connectivity index (χ3v) is 14.4. The Morgan fingerprint density at radius 2 is 1.06 bits per heavy atom. The van der Waals surface area contributed by atoms with Gasteiger partial charge in [-0.1, -0.05) is 48.2 Å². The van der Waals surface area contributed by atoms with Crippen molar-refractivity contribution in [2.24, 2.45) is 0 Å². The average molecular weight is 1040 g/mol. The number of likely N-dealkylation sites (tertiary alicyclic amines) is 2. The molecule has 70 heavy (non-hydrogen) atoms. The number of aromatic nitrogens is 8. The summed E-state index contributed by atoms with van der Waals surface area (Å²) in [7, 11) is 0. The molecule has 0 radical (unpaired) electrons. The Morgan fingerprint density at radius 3 is 1.43 bits per heavy atom. The molecule has 6 heterocycles. The van der Waals surface area contributed by atoms with E-state index in [1.165, 1.54) is 23.5 Å². The van der Waals surface area contributed by atoms with Gasteiger partial charge < -0.3 is 40.5 Å². The van der Waals surface area contributed by atoms with Gasteiger partial charge in [-0.25, -0.2) is 9.36 Å². The largest absolute Gasteiger partial charge is 0.363 e. The van der Waals surface area contributed by atoms with E-state index in [-0.39, 0.29) is 85.8 Å². The van der Waals surface area contributed by atoms with Crippen LogP contribution in [0.4, 0.5) is 0 Å². The summed E-state index contributed by atoms with van der Waals surface area (Å²) < 4.78 is 15.5. The van der Waals surface area contributed by atoms with Crippen LogP contribution in [0.15, 0.2) is 80.8 Å². The van der Waals surface area contributed by atoms with E-state index in [0.29, 0.717) is 49.3 Å². The maximum atomic E-state index is 14.3. The molecule has 8 rings (SSSR count). The molecule has 20 nitrogen and oxygen atoms in total. The van der Waals surface area contributed by atoms with Crippen LogP contribution in [0.3, 0.4) is 0 Å². The van der Waals surface area contributed by atoms with Crippen LogP contribution in [0.2, 0.25) is 0 Å². The van der Waals surface area contributed by atoms with Crippen molar-refractivity contribution in [3.63, 3.8) is 0 Å². The summed E-state index contributed by atoms with van der Waals surface area (Å²) in [5.74, 6) is 10.3. The van der Waals surface area contributed by atoms with Crippen LogP contribution in [-0.4, -0.2) is 162 Å². The number of ether oxygens (including phenoxy) is 2. The number of amides is 4. The van der Waals surface area contributed by atoms with Gasteiger partial charge >= 0.3 is 0 Å². The Labute approximate surface area is 427 Å². The molecule has 2 unspecified atom stereocenters. The number of benzene rings is 2. The number of hydrogen-bond acceptors (Lipinski definition) is 16. The number of nitrogens with one attached hydrogen (secondary N) is 4. The van der Waals surface area contributed by atoms with Crippen LogP contribution in [-0.2, 0) is 41.7 Å². The van der Waals surface area contributed by atoms with E-state index < -0.39 is 24.3 Å². The van der Waals surface area contributed by atoms with Crippen molar-refractivity contribution in [2.75, 3.05) is 39.4 Å². The van der Waals surface area contributed by atoms with E-state index in [1.807, 2.05) is 60.7 Å². The molecule has 0 bridgehead atoms. The van der Waals surface area contributed by atoms with Crippen LogP contribution in [0.25, 0.3) is 0 Å². The number of carbonyl (C=O) groups is 4. The highest BCUT2D eigenvalue weighted by Gasteiger charge is 2.41. The van der Waals surface area contributed by atoms with Crippen molar-refractivity contribution in [3.05, 3.63) is 60.7 Å². The Balaban J connectivity index is 0.00000402. The summed E-state index contributed by atoms with van der Waals surface area (Å²) in [6.07, 6.45) is 3.06. The van der Waals surface area contributed by atoms with Crippen LogP contribution >= 0.6 is 48.3 Å². The molecular weight excluding hydrogens is 980 g/mol. The molecule has 4 aliphatic rings. The fraction of sp³-hybridized carbons (Fsp3) is 0.522. The molecule has 4 saturated heterocycles. The third kappa shape index (κ3) is 14.2. The summed E-state index contributed by atoms with van der Waals surface area (Å²) in [4.78, 5) is 60.5. The molecule has 4 amide bonds. The highest BCUT2D eigenvalue weighted by Crippen LogP contribution is 2.29. The minimum atomic E-state index is -0.956. The SMILES string of the molecule is C[C@@H](OCC#CC#CCO[C@H](C)[C@H](NC(=O)C1CCN1)C(=O)N1CCC[C@H]1Cn1nnnc1Sc1ccccc1)[C@H](NC(=O)C1CCN1)C(=O)N1CCC[C@H]1Cn1nnnc1Sc1ccccc1.Cl.Cl. The Bertz CT molecular complexity index is 2310. The molecule has 374 valence electrons. The highest BCUT2D eigenvalue weighted by molar-refractivity contribution is 7.99. The number of carbonyl (C=O) groups excluding carboxylic acids is 4. The zero-order valence-corrected chi connectivity index (χ0v) is 42.1. The predicted octanol–water partition coefficient (Wildman–Crippen LogP) is 2.00. The fourth-order valence-electron chi connectivity index (χ4n) is 8.34. The summed E-state index contributed by atoms with van der Waals surface area (Å²) in [6.45, 7) is 6.73. The average Bonchev–Trinajstić information content (AvgIpc) is 4.15. The van der Waals surface area contributed by atoms with Crippen molar-refractivity contribution >= 4 is 72.0 Å². The van der Waals surface area contributed by atoms with Crippen molar-refractivity contribution in [1.29, 1.82) is 0 Å². The molecular formula is C46H58Cl2N14O6S2. The van der Waals surface area contributed by atoms with E-state index in [9.17, 15) is 19.2 Å². The lowest BCUT2D eigenvalue weighted by Crippen LogP contribution is -2.61. The first-order chi connectivity index (χ1) is 33.2. The minimum absolute atomic E-state index is 0. The zero-order valence-electron chi connectivity index (χ0n) is 38.8. The van der Waals surface area contributed by atoms with Crippen molar-refractivity contribution in [3.8, 4) is 23.7 Å². The van der Waals surface area contributed by atoms with Gasteiger partial charge in [0.2, 0.25) is 33.9 Å². The molecule has 2 aromatic heterocycles. The van der Waals surface area contributed by atoms with Gasteiger partial charge in [0.05, 0.1) is 49.5 Å². The molecule has 4 fully saturated rings. The lowest BCUT2D eigenvalue weighted by molar-refractivity contribution is -0.142. The monoisotopic (exact) mass is 1040 g/mol. The standard InChI is InChI=1S/C46H56N14O6S2.2ClH/c1-31(39(49-41(61)37-21-23-47-37)43(63)57-25-13-15-33(57)29-59-45(51-53-55-59)67-35-17-7-5-8-18-35)65-27-11-3-4-12-28-66-32(2)40(50-42(62)38-22-24-48-38)44(64)58-26-14-16-34(58)30-60-46(52-54-56-60)68-36-19-9-6-10-20-36;;/h5-10,17-20,31-34,37-40,47-48H,13-16,21-30H2,1-2H3,(H,49,61)(H,50,62);2*1H/t31-,32-,33+,34+,37?,38?,39+,40+;;/m1../s1. The molecule has 0 saturated carbocycles. The summed E-state index contributed by atoms with van der Waals surface area (Å²) >= 11 is 2.90. The number of rotatable bonds is 20.